The summed E-state index contributed by atoms with van der Waals surface area (Å²) < 4.78 is 25.8. The second-order valence-electron chi connectivity index (χ2n) is 0.250. The molecule has 0 atom stereocenters. The molecule has 24 valence electrons. The zero-order valence-electron chi connectivity index (χ0n) is 3.72. The molecule has 6 heteroatoms. The van der Waals surface area contributed by atoms with Gasteiger partial charge in [-0.2, -0.15) is 0 Å². The molecule has 0 aromatic rings. The van der Waals surface area contributed by atoms with Crippen molar-refractivity contribution in [2.24, 2.45) is 0 Å². The Kier molecular flexibility index (Phi) is 35.1. The van der Waals surface area contributed by atoms with E-state index >= 15 is 0 Å². The van der Waals surface area contributed by atoms with Crippen LogP contribution in [0.2, 0.25) is 0 Å². The van der Waals surface area contributed by atoms with Crippen LogP contribution in [0.25, 0.3) is 0 Å². The maximum absolute atomic E-state index is 8.61. The van der Waals surface area contributed by atoms with Crippen molar-refractivity contribution < 1.29 is 170 Å². The fraction of sp³-hybridized carbons (Fsp3) is 0. The van der Waals surface area contributed by atoms with Gasteiger partial charge in [-0.15, -0.1) is 0 Å². The van der Waals surface area contributed by atoms with Crippen molar-refractivity contribution in [3.8, 4) is 0 Å². The van der Waals surface area contributed by atoms with E-state index in [4.69, 9.17) is 9.18 Å². The van der Waals surface area contributed by atoms with Crippen molar-refractivity contribution in [2.45, 2.75) is 0 Å². The van der Waals surface area contributed by atoms with E-state index in [0.717, 1.165) is 0 Å². The molecule has 0 aliphatic rings. The van der Waals surface area contributed by atoms with E-state index in [0.29, 0.717) is 0 Å². The Bertz CT molecular complexity index is 31.8. The summed E-state index contributed by atoms with van der Waals surface area (Å²) in [7, 11) is 0. The zero-order valence-corrected chi connectivity index (χ0v) is 18.7. The van der Waals surface area contributed by atoms with E-state index in [1.807, 2.05) is 0 Å². The average Bonchev–Trinajstić information content (AvgIpc) is 0.811. The Labute approximate surface area is 163 Å². The zero-order chi connectivity index (χ0) is 3.58. The van der Waals surface area contributed by atoms with Gasteiger partial charge in [0.15, 0.2) is 0 Å². The third-order valence-corrected chi connectivity index (χ3v) is 0. The molecule has 3 nitrogen and oxygen atoms in total. The summed E-state index contributed by atoms with van der Waals surface area (Å²) in [5.41, 5.74) is 0. The van der Waals surface area contributed by atoms with Gasteiger partial charge in [0.1, 0.15) is 0 Å². The summed E-state index contributed by atoms with van der Waals surface area (Å²) in [4.78, 5) is 0. The Morgan fingerprint density at radius 2 is 1.17 bits per heavy atom. The molecular formula is Cs2O3Zr. The van der Waals surface area contributed by atoms with Crippen LogP contribution in [0, 0.1) is 0 Å². The minimum atomic E-state index is -4.29. The third-order valence-electron chi connectivity index (χ3n) is 0. The Balaban J connectivity index is -0.0000000450. The Morgan fingerprint density at radius 3 is 1.17 bits per heavy atom. The summed E-state index contributed by atoms with van der Waals surface area (Å²) in [6, 6.07) is 0. The number of hydrogen-bond donors (Lipinski definition) is 0. The Morgan fingerprint density at radius 1 is 1.17 bits per heavy atom. The van der Waals surface area contributed by atoms with Gasteiger partial charge in [0.25, 0.3) is 0 Å². The van der Waals surface area contributed by atoms with Crippen LogP contribution in [0.4, 0.5) is 0 Å². The first-order valence-electron chi connectivity index (χ1n) is 0.612. The summed E-state index contributed by atoms with van der Waals surface area (Å²) in [6.07, 6.45) is 0. The molecule has 0 saturated heterocycles. The van der Waals surface area contributed by atoms with Crippen LogP contribution in [0.1, 0.15) is 0 Å². The van der Waals surface area contributed by atoms with Crippen LogP contribution < -0.4 is 144 Å². The summed E-state index contributed by atoms with van der Waals surface area (Å²) in [6.45, 7) is 0. The van der Waals surface area contributed by atoms with Gasteiger partial charge in [-0.3, -0.25) is 0 Å². The maximum atomic E-state index is 8.61. The average molecular weight is 405 g/mol. The molecular weight excluding hydrogens is 405 g/mol. The molecule has 0 saturated carbocycles. The summed E-state index contributed by atoms with van der Waals surface area (Å²) >= 11 is -4.29. The van der Waals surface area contributed by atoms with Gasteiger partial charge in [-0.1, -0.05) is 0 Å². The second-order valence-corrected chi connectivity index (χ2v) is 1.48. The molecule has 0 amide bonds. The van der Waals surface area contributed by atoms with Gasteiger partial charge in [0, 0.05) is 0 Å². The normalized spacial score (nSPS) is 4.33. The molecule has 0 rings (SSSR count). The van der Waals surface area contributed by atoms with Crippen molar-refractivity contribution >= 4 is 0 Å². The standard InChI is InChI=1S/2Cs.3O.Zr/q2*+1;;2*-1;. The predicted octanol–water partition coefficient (Wildman–Crippen LogP) is -8.49. The monoisotopic (exact) mass is 404 g/mol. The number of hydrogen-bond acceptors (Lipinski definition) is 3. The van der Waals surface area contributed by atoms with Crippen LogP contribution in [0.5, 0.6) is 0 Å². The molecule has 0 aromatic heterocycles. The van der Waals surface area contributed by atoms with Crippen molar-refractivity contribution in [2.75, 3.05) is 0 Å². The van der Waals surface area contributed by atoms with Crippen LogP contribution in [-0.2, 0) is 25.4 Å². The van der Waals surface area contributed by atoms with Gasteiger partial charge in [-0.05, 0) is 0 Å². The predicted molar refractivity (Wildman–Crippen MR) is 0.686 cm³/mol. The van der Waals surface area contributed by atoms with Crippen LogP contribution in [0.3, 0.4) is 0 Å². The first kappa shape index (κ1) is 17.0. The van der Waals surface area contributed by atoms with Gasteiger partial charge in [0.05, 0.1) is 0 Å². The topological polar surface area (TPSA) is 63.2 Å². The van der Waals surface area contributed by atoms with E-state index in [2.05, 4.69) is 0 Å². The van der Waals surface area contributed by atoms with Crippen molar-refractivity contribution in [3.05, 3.63) is 0 Å². The number of rotatable bonds is 0. The van der Waals surface area contributed by atoms with Gasteiger partial charge >= 0.3 is 170 Å². The third kappa shape index (κ3) is 23.3. The molecule has 0 bridgehead atoms. The van der Waals surface area contributed by atoms with Gasteiger partial charge in [-0.25, -0.2) is 0 Å². The molecule has 0 aliphatic heterocycles. The molecule has 0 fully saturated rings. The molecule has 0 N–H and O–H groups in total. The minimum absolute atomic E-state index is 0. The van der Waals surface area contributed by atoms with Crippen molar-refractivity contribution in [1.29, 1.82) is 0 Å². The van der Waals surface area contributed by atoms with Gasteiger partial charge in [0.2, 0.25) is 0 Å². The fourth-order valence-corrected chi connectivity index (χ4v) is 0. The van der Waals surface area contributed by atoms with E-state index in [1.54, 1.807) is 0 Å². The Hall–Kier alpha value is 4.71. The van der Waals surface area contributed by atoms with Crippen molar-refractivity contribution in [1.82, 2.24) is 0 Å². The summed E-state index contributed by atoms with van der Waals surface area (Å²) in [5.74, 6) is 0. The second kappa shape index (κ2) is 12.4. The van der Waals surface area contributed by atoms with Crippen LogP contribution >= 0.6 is 0 Å². The van der Waals surface area contributed by atoms with E-state index in [1.165, 1.54) is 0 Å². The van der Waals surface area contributed by atoms with Crippen LogP contribution in [0.15, 0.2) is 0 Å². The molecule has 0 aliphatic carbocycles. The van der Waals surface area contributed by atoms with E-state index in [9.17, 15) is 0 Å². The van der Waals surface area contributed by atoms with Crippen LogP contribution in [-0.4, -0.2) is 0 Å². The molecule has 0 aromatic carbocycles. The SMILES string of the molecule is [Cs+].[Cs+].[O]=[Zr]([O-])[O-]. The van der Waals surface area contributed by atoms with E-state index in [-0.39, 0.29) is 138 Å². The quantitative estimate of drug-likeness (QED) is 0.403. The molecule has 0 unspecified atom stereocenters. The fourth-order valence-electron chi connectivity index (χ4n) is 0. The van der Waals surface area contributed by atoms with Gasteiger partial charge < -0.3 is 0 Å². The first-order chi connectivity index (χ1) is 1.73. The van der Waals surface area contributed by atoms with E-state index < -0.39 is 22.6 Å². The first-order valence-corrected chi connectivity index (χ1v) is 3.62. The molecule has 6 heavy (non-hydrogen) atoms. The molecule has 0 heterocycles. The van der Waals surface area contributed by atoms with Crippen molar-refractivity contribution in [3.63, 3.8) is 0 Å². The molecule has 0 spiro atoms. The molecule has 0 radical (unpaired) electrons. The summed E-state index contributed by atoms with van der Waals surface area (Å²) in [5, 5.41) is 0.